The van der Waals surface area contributed by atoms with E-state index in [0.717, 1.165) is 11.1 Å². The minimum atomic E-state index is -0.353. The lowest BCUT2D eigenvalue weighted by atomic mass is 10.2. The van der Waals surface area contributed by atoms with Crippen molar-refractivity contribution in [1.29, 1.82) is 0 Å². The Labute approximate surface area is 178 Å². The lowest BCUT2D eigenvalue weighted by Gasteiger charge is -2.15. The summed E-state index contributed by atoms with van der Waals surface area (Å²) in [6, 6.07) is 8.70. The number of carbonyl (C=O) groups is 1. The number of aryl methyl sites for hydroxylation is 2. The molecule has 2 heterocycles. The van der Waals surface area contributed by atoms with Crippen LogP contribution in [-0.2, 0) is 10.5 Å². The molecule has 6 nitrogen and oxygen atoms in total. The summed E-state index contributed by atoms with van der Waals surface area (Å²) in [5.74, 6) is 0.791. The van der Waals surface area contributed by atoms with Crippen molar-refractivity contribution in [2.75, 3.05) is 12.4 Å². The standard InChI is InChI=1S/C21H22ClN3O3S/c1-12-5-6-19-23-15(8-20(26)25(19)10-12)11-29-14(3)21(27)24-17-7-13(2)16(22)9-18(17)28-4/h5-10,14H,11H2,1-4H3,(H,24,27)/t14-/m1/s1. The van der Waals surface area contributed by atoms with E-state index in [1.54, 1.807) is 18.3 Å². The number of aromatic nitrogens is 2. The van der Waals surface area contributed by atoms with E-state index in [-0.39, 0.29) is 16.7 Å². The van der Waals surface area contributed by atoms with Crippen LogP contribution in [0.5, 0.6) is 5.75 Å². The van der Waals surface area contributed by atoms with Gasteiger partial charge in [-0.25, -0.2) is 4.98 Å². The van der Waals surface area contributed by atoms with Crippen LogP contribution in [0.1, 0.15) is 23.7 Å². The molecule has 0 spiro atoms. The van der Waals surface area contributed by atoms with Crippen molar-refractivity contribution in [3.05, 3.63) is 68.7 Å². The van der Waals surface area contributed by atoms with Gasteiger partial charge in [0.25, 0.3) is 5.56 Å². The van der Waals surface area contributed by atoms with E-state index in [4.69, 9.17) is 16.3 Å². The minimum absolute atomic E-state index is 0.132. The molecule has 3 rings (SSSR count). The molecule has 0 fully saturated rings. The molecule has 8 heteroatoms. The molecule has 0 saturated heterocycles. The first kappa shape index (κ1) is 21.2. The van der Waals surface area contributed by atoms with Crippen LogP contribution in [0.2, 0.25) is 5.02 Å². The number of hydrogen-bond donors (Lipinski definition) is 1. The Bertz CT molecular complexity index is 1130. The number of amides is 1. The van der Waals surface area contributed by atoms with Crippen LogP contribution in [0, 0.1) is 13.8 Å². The molecule has 152 valence electrons. The van der Waals surface area contributed by atoms with E-state index in [1.807, 2.05) is 32.9 Å². The Kier molecular flexibility index (Phi) is 6.49. The Balaban J connectivity index is 1.69. The highest BCUT2D eigenvalue weighted by Gasteiger charge is 2.17. The van der Waals surface area contributed by atoms with Crippen LogP contribution >= 0.6 is 23.4 Å². The van der Waals surface area contributed by atoms with Gasteiger partial charge in [-0.05, 0) is 44.0 Å². The molecule has 0 saturated carbocycles. The number of thioether (sulfide) groups is 1. The van der Waals surface area contributed by atoms with Crippen molar-refractivity contribution in [3.63, 3.8) is 0 Å². The predicted molar refractivity (Wildman–Crippen MR) is 118 cm³/mol. The van der Waals surface area contributed by atoms with Crippen LogP contribution in [0.4, 0.5) is 5.69 Å². The molecule has 1 aromatic carbocycles. The molecule has 29 heavy (non-hydrogen) atoms. The highest BCUT2D eigenvalue weighted by Crippen LogP contribution is 2.31. The summed E-state index contributed by atoms with van der Waals surface area (Å²) >= 11 is 7.52. The first-order valence-corrected chi connectivity index (χ1v) is 10.5. The normalized spacial score (nSPS) is 12.0. The van der Waals surface area contributed by atoms with E-state index >= 15 is 0 Å². The third-order valence-corrected chi connectivity index (χ3v) is 6.03. The number of benzene rings is 1. The molecule has 0 aliphatic heterocycles. The Hall–Kier alpha value is -2.51. The van der Waals surface area contributed by atoms with Gasteiger partial charge in [-0.15, -0.1) is 11.8 Å². The maximum atomic E-state index is 12.6. The zero-order chi connectivity index (χ0) is 21.1. The molecule has 0 aliphatic rings. The van der Waals surface area contributed by atoms with Crippen molar-refractivity contribution in [3.8, 4) is 5.75 Å². The average Bonchev–Trinajstić information content (AvgIpc) is 2.69. The van der Waals surface area contributed by atoms with Gasteiger partial charge in [0.15, 0.2) is 0 Å². The van der Waals surface area contributed by atoms with E-state index in [9.17, 15) is 9.59 Å². The van der Waals surface area contributed by atoms with Gasteiger partial charge in [0.2, 0.25) is 5.91 Å². The van der Waals surface area contributed by atoms with E-state index in [0.29, 0.717) is 33.6 Å². The molecule has 1 amide bonds. The number of nitrogens with zero attached hydrogens (tertiary/aromatic N) is 2. The van der Waals surface area contributed by atoms with Crippen molar-refractivity contribution in [2.24, 2.45) is 0 Å². The second-order valence-corrected chi connectivity index (χ2v) is 8.50. The number of halogens is 1. The van der Waals surface area contributed by atoms with Gasteiger partial charge < -0.3 is 10.1 Å². The van der Waals surface area contributed by atoms with Gasteiger partial charge in [-0.1, -0.05) is 17.7 Å². The average molecular weight is 432 g/mol. The molecule has 0 aliphatic carbocycles. The summed E-state index contributed by atoms with van der Waals surface area (Å²) < 4.78 is 6.82. The van der Waals surface area contributed by atoms with Crippen molar-refractivity contribution < 1.29 is 9.53 Å². The number of ether oxygens (including phenoxy) is 1. The number of pyridine rings is 1. The zero-order valence-electron chi connectivity index (χ0n) is 16.7. The summed E-state index contributed by atoms with van der Waals surface area (Å²) in [7, 11) is 1.53. The van der Waals surface area contributed by atoms with E-state index < -0.39 is 0 Å². The molecule has 0 unspecified atom stereocenters. The number of carbonyl (C=O) groups excluding carboxylic acids is 1. The Morgan fingerprint density at radius 1 is 1.31 bits per heavy atom. The zero-order valence-corrected chi connectivity index (χ0v) is 18.2. The van der Waals surface area contributed by atoms with Gasteiger partial charge in [-0.3, -0.25) is 14.0 Å². The van der Waals surface area contributed by atoms with Crippen LogP contribution in [0.15, 0.2) is 41.3 Å². The van der Waals surface area contributed by atoms with Crippen LogP contribution in [-0.4, -0.2) is 27.7 Å². The third-order valence-electron chi connectivity index (χ3n) is 4.45. The predicted octanol–water partition coefficient (Wildman–Crippen LogP) is 4.23. The Morgan fingerprint density at radius 2 is 2.07 bits per heavy atom. The smallest absolute Gasteiger partial charge is 0.258 e. The molecule has 1 N–H and O–H groups in total. The minimum Gasteiger partial charge on any atom is -0.495 e. The first-order chi connectivity index (χ1) is 13.8. The van der Waals surface area contributed by atoms with Crippen LogP contribution in [0.3, 0.4) is 0 Å². The third kappa shape index (κ3) is 4.92. The number of methoxy groups -OCH3 is 1. The molecule has 0 bridgehead atoms. The van der Waals surface area contributed by atoms with Crippen LogP contribution in [0.25, 0.3) is 5.65 Å². The summed E-state index contributed by atoms with van der Waals surface area (Å²) in [5, 5.41) is 3.11. The topological polar surface area (TPSA) is 72.7 Å². The van der Waals surface area contributed by atoms with Gasteiger partial charge in [-0.2, -0.15) is 0 Å². The maximum absolute atomic E-state index is 12.6. The fourth-order valence-electron chi connectivity index (χ4n) is 2.78. The first-order valence-electron chi connectivity index (χ1n) is 9.04. The summed E-state index contributed by atoms with van der Waals surface area (Å²) in [6.45, 7) is 5.60. The van der Waals surface area contributed by atoms with E-state index in [1.165, 1.54) is 29.3 Å². The van der Waals surface area contributed by atoms with E-state index in [2.05, 4.69) is 10.3 Å². The van der Waals surface area contributed by atoms with Crippen LogP contribution < -0.4 is 15.6 Å². The SMILES string of the molecule is COc1cc(Cl)c(C)cc1NC(=O)[C@@H](C)SCc1cc(=O)n2cc(C)ccc2n1. The van der Waals surface area contributed by atoms with Crippen molar-refractivity contribution in [1.82, 2.24) is 9.38 Å². The van der Waals surface area contributed by atoms with Gasteiger partial charge in [0, 0.05) is 29.1 Å². The maximum Gasteiger partial charge on any atom is 0.258 e. The lowest BCUT2D eigenvalue weighted by molar-refractivity contribution is -0.115. The molecule has 0 radical (unpaired) electrons. The van der Waals surface area contributed by atoms with Gasteiger partial charge >= 0.3 is 0 Å². The number of hydrogen-bond acceptors (Lipinski definition) is 5. The number of nitrogens with one attached hydrogen (secondary N) is 1. The quantitative estimate of drug-likeness (QED) is 0.632. The lowest BCUT2D eigenvalue weighted by Crippen LogP contribution is -2.23. The van der Waals surface area contributed by atoms with Gasteiger partial charge in [0.1, 0.15) is 11.4 Å². The highest BCUT2D eigenvalue weighted by atomic mass is 35.5. The fourth-order valence-corrected chi connectivity index (χ4v) is 3.72. The summed E-state index contributed by atoms with van der Waals surface area (Å²) in [5.41, 5.74) is 3.51. The number of anilines is 1. The molecule has 3 aromatic rings. The largest absolute Gasteiger partial charge is 0.495 e. The summed E-state index contributed by atoms with van der Waals surface area (Å²) in [4.78, 5) is 29.4. The second-order valence-electron chi connectivity index (χ2n) is 6.76. The molecule has 1 atom stereocenters. The molecule has 2 aromatic heterocycles. The number of rotatable bonds is 6. The fraction of sp³-hybridized carbons (Fsp3) is 0.286. The highest BCUT2D eigenvalue weighted by molar-refractivity contribution is 7.99. The monoisotopic (exact) mass is 431 g/mol. The van der Waals surface area contributed by atoms with Crippen molar-refractivity contribution in [2.45, 2.75) is 31.8 Å². The number of fused-ring (bicyclic) bond motifs is 1. The molecular formula is C21H22ClN3O3S. The van der Waals surface area contributed by atoms with Gasteiger partial charge in [0.05, 0.1) is 23.7 Å². The second kappa shape index (κ2) is 8.88. The summed E-state index contributed by atoms with van der Waals surface area (Å²) in [6.07, 6.45) is 1.76. The van der Waals surface area contributed by atoms with Crippen molar-refractivity contribution >= 4 is 40.6 Å². The molecular weight excluding hydrogens is 410 g/mol. The Morgan fingerprint density at radius 3 is 2.79 bits per heavy atom.